The number of benzene rings is 2. The topological polar surface area (TPSA) is 43.8 Å². The molecule has 3 aromatic rings. The summed E-state index contributed by atoms with van der Waals surface area (Å²) >= 11 is 1.89. The van der Waals surface area contributed by atoms with Gasteiger partial charge in [0.15, 0.2) is 11.5 Å². The van der Waals surface area contributed by atoms with Crippen molar-refractivity contribution in [3.8, 4) is 17.2 Å². The highest BCUT2D eigenvalue weighted by atomic mass is 32.2. The summed E-state index contributed by atoms with van der Waals surface area (Å²) in [5.74, 6) is 2.55. The van der Waals surface area contributed by atoms with Crippen LogP contribution in [0.15, 0.2) is 65.8 Å². The Labute approximate surface area is 174 Å². The second kappa shape index (κ2) is 7.87. The summed E-state index contributed by atoms with van der Waals surface area (Å²) in [4.78, 5) is 7.83. The molecule has 0 saturated carbocycles. The van der Waals surface area contributed by atoms with E-state index in [-0.39, 0.29) is 0 Å². The molecule has 2 aromatic carbocycles. The number of rotatable bonds is 4. The molecular formula is C23H22N2O3S. The minimum Gasteiger partial charge on any atom is -0.497 e. The first-order chi connectivity index (χ1) is 14.3. The number of pyridine rings is 1. The number of methoxy groups -OCH3 is 1. The van der Waals surface area contributed by atoms with E-state index in [4.69, 9.17) is 14.2 Å². The van der Waals surface area contributed by atoms with E-state index < -0.39 is 0 Å². The van der Waals surface area contributed by atoms with Crippen molar-refractivity contribution in [1.29, 1.82) is 0 Å². The maximum absolute atomic E-state index is 5.60. The van der Waals surface area contributed by atoms with Crippen molar-refractivity contribution in [3.63, 3.8) is 0 Å². The number of fused-ring (bicyclic) bond motifs is 2. The number of hydrogen-bond donors (Lipinski definition) is 0. The highest BCUT2D eigenvalue weighted by molar-refractivity contribution is 7.99. The molecule has 2 aliphatic rings. The first-order valence-electron chi connectivity index (χ1n) is 9.68. The van der Waals surface area contributed by atoms with E-state index in [1.165, 1.54) is 21.7 Å². The van der Waals surface area contributed by atoms with Crippen LogP contribution in [-0.4, -0.2) is 25.4 Å². The molecule has 1 unspecified atom stereocenters. The lowest BCUT2D eigenvalue weighted by Crippen LogP contribution is -2.24. The van der Waals surface area contributed by atoms with Crippen molar-refractivity contribution >= 4 is 17.4 Å². The summed E-state index contributed by atoms with van der Waals surface area (Å²) in [5, 5.41) is 0.331. The lowest BCUT2D eigenvalue weighted by molar-refractivity contribution is 0.174. The zero-order chi connectivity index (χ0) is 19.6. The largest absolute Gasteiger partial charge is 0.497 e. The summed E-state index contributed by atoms with van der Waals surface area (Å²) < 4.78 is 16.6. The fourth-order valence-electron chi connectivity index (χ4n) is 3.80. The summed E-state index contributed by atoms with van der Waals surface area (Å²) in [6.07, 6.45) is 4.74. The lowest BCUT2D eigenvalue weighted by Gasteiger charge is -2.25. The average molecular weight is 407 g/mol. The molecule has 0 saturated heterocycles. The first-order valence-corrected chi connectivity index (χ1v) is 10.6. The molecule has 0 amide bonds. The predicted molar refractivity (Wildman–Crippen MR) is 114 cm³/mol. The van der Waals surface area contributed by atoms with Crippen LogP contribution in [0.3, 0.4) is 0 Å². The fourth-order valence-corrected chi connectivity index (χ4v) is 5.12. The zero-order valence-corrected chi connectivity index (χ0v) is 17.0. The minimum atomic E-state index is 0.302. The third kappa shape index (κ3) is 3.72. The molecule has 0 radical (unpaired) electrons. The quantitative estimate of drug-likeness (QED) is 0.603. The van der Waals surface area contributed by atoms with Crippen molar-refractivity contribution < 1.29 is 14.2 Å². The van der Waals surface area contributed by atoms with Gasteiger partial charge in [-0.15, -0.1) is 11.8 Å². The molecule has 29 heavy (non-hydrogen) atoms. The number of nitrogens with zero attached hydrogens (tertiary/aromatic N) is 2. The van der Waals surface area contributed by atoms with Crippen LogP contribution in [0.1, 0.15) is 22.8 Å². The smallest absolute Gasteiger partial charge is 0.231 e. The molecule has 0 fully saturated rings. The Balaban J connectivity index is 1.48. The van der Waals surface area contributed by atoms with Crippen molar-refractivity contribution in [3.05, 3.63) is 72.1 Å². The molecule has 5 nitrogen and oxygen atoms in total. The molecule has 148 valence electrons. The third-order valence-electron chi connectivity index (χ3n) is 5.33. The normalized spacial score (nSPS) is 17.6. The van der Waals surface area contributed by atoms with Crippen molar-refractivity contribution in [2.24, 2.45) is 0 Å². The van der Waals surface area contributed by atoms with Gasteiger partial charge in [-0.1, -0.05) is 6.07 Å². The van der Waals surface area contributed by atoms with Gasteiger partial charge in [0.2, 0.25) is 6.79 Å². The molecule has 0 aliphatic carbocycles. The van der Waals surface area contributed by atoms with Gasteiger partial charge in [-0.25, -0.2) is 0 Å². The number of ether oxygens (including phenoxy) is 3. The van der Waals surface area contributed by atoms with Crippen LogP contribution in [0, 0.1) is 0 Å². The van der Waals surface area contributed by atoms with Gasteiger partial charge < -0.3 is 19.1 Å². The molecule has 0 N–H and O–H groups in total. The standard InChI is InChI=1S/C23H22N2O3S/c1-26-18-3-4-19-23(13-18)29-22(17-2-5-20-21(12-17)28-15-27-20)8-11-25(19)14-16-6-9-24-10-7-16/h2-7,9-10,12-13,22H,8,11,14-15H2,1H3. The summed E-state index contributed by atoms with van der Waals surface area (Å²) in [6.45, 7) is 2.13. The summed E-state index contributed by atoms with van der Waals surface area (Å²) in [7, 11) is 1.72. The van der Waals surface area contributed by atoms with E-state index in [1.807, 2.05) is 36.3 Å². The van der Waals surface area contributed by atoms with E-state index in [2.05, 4.69) is 46.3 Å². The molecule has 1 aromatic heterocycles. The zero-order valence-electron chi connectivity index (χ0n) is 16.2. The maximum atomic E-state index is 5.60. The monoisotopic (exact) mass is 406 g/mol. The Morgan fingerprint density at radius 2 is 1.93 bits per heavy atom. The first kappa shape index (κ1) is 18.2. The van der Waals surface area contributed by atoms with Crippen LogP contribution in [0.25, 0.3) is 0 Å². The number of thioether (sulfide) groups is 1. The van der Waals surface area contributed by atoms with E-state index in [9.17, 15) is 0 Å². The van der Waals surface area contributed by atoms with Crippen molar-refractivity contribution in [2.45, 2.75) is 23.1 Å². The predicted octanol–water partition coefficient (Wildman–Crippen LogP) is 5.06. The highest BCUT2D eigenvalue weighted by Gasteiger charge is 2.25. The fraction of sp³-hybridized carbons (Fsp3) is 0.261. The minimum absolute atomic E-state index is 0.302. The average Bonchev–Trinajstić information content (AvgIpc) is 3.16. The summed E-state index contributed by atoms with van der Waals surface area (Å²) in [6, 6.07) is 16.8. The maximum Gasteiger partial charge on any atom is 0.231 e. The molecule has 3 heterocycles. The van der Waals surface area contributed by atoms with Gasteiger partial charge >= 0.3 is 0 Å². The van der Waals surface area contributed by atoms with Crippen LogP contribution in [-0.2, 0) is 6.54 Å². The highest BCUT2D eigenvalue weighted by Crippen LogP contribution is 2.48. The van der Waals surface area contributed by atoms with Gasteiger partial charge in [0.05, 0.1) is 12.8 Å². The summed E-state index contributed by atoms with van der Waals surface area (Å²) in [5.41, 5.74) is 3.77. The van der Waals surface area contributed by atoms with Crippen LogP contribution in [0.4, 0.5) is 5.69 Å². The van der Waals surface area contributed by atoms with Crippen molar-refractivity contribution in [2.75, 3.05) is 25.3 Å². The SMILES string of the molecule is COc1ccc2c(c1)SC(c1ccc3c(c1)OCO3)CCN2Cc1ccncc1. The van der Waals surface area contributed by atoms with Gasteiger partial charge in [-0.3, -0.25) is 4.98 Å². The van der Waals surface area contributed by atoms with Gasteiger partial charge in [0.1, 0.15) is 5.75 Å². The van der Waals surface area contributed by atoms with Gasteiger partial charge in [-0.05, 0) is 60.0 Å². The second-order valence-electron chi connectivity index (χ2n) is 7.12. The van der Waals surface area contributed by atoms with Crippen molar-refractivity contribution in [1.82, 2.24) is 4.98 Å². The van der Waals surface area contributed by atoms with E-state index >= 15 is 0 Å². The van der Waals surface area contributed by atoms with E-state index in [0.717, 1.165) is 36.8 Å². The Bertz CT molecular complexity index is 1010. The van der Waals surface area contributed by atoms with Gasteiger partial charge in [0, 0.05) is 35.6 Å². The van der Waals surface area contributed by atoms with Crippen LogP contribution < -0.4 is 19.1 Å². The Hall–Kier alpha value is -2.86. The molecule has 1 atom stereocenters. The third-order valence-corrected chi connectivity index (χ3v) is 6.70. The van der Waals surface area contributed by atoms with E-state index in [1.54, 1.807) is 7.11 Å². The number of aromatic nitrogens is 1. The van der Waals surface area contributed by atoms with Gasteiger partial charge in [0.25, 0.3) is 0 Å². The molecule has 5 rings (SSSR count). The van der Waals surface area contributed by atoms with Crippen LogP contribution in [0.2, 0.25) is 0 Å². The molecule has 0 spiro atoms. The Morgan fingerprint density at radius 1 is 1.07 bits per heavy atom. The van der Waals surface area contributed by atoms with Crippen LogP contribution in [0.5, 0.6) is 17.2 Å². The number of hydrogen-bond acceptors (Lipinski definition) is 6. The van der Waals surface area contributed by atoms with Gasteiger partial charge in [-0.2, -0.15) is 0 Å². The Morgan fingerprint density at radius 3 is 2.79 bits per heavy atom. The molecule has 0 bridgehead atoms. The van der Waals surface area contributed by atoms with Crippen LogP contribution >= 0.6 is 11.8 Å². The lowest BCUT2D eigenvalue weighted by atomic mass is 10.1. The molecular weight excluding hydrogens is 384 g/mol. The second-order valence-corrected chi connectivity index (χ2v) is 8.36. The Kier molecular flexibility index (Phi) is 4.94. The van der Waals surface area contributed by atoms with E-state index in [0.29, 0.717) is 12.0 Å². The molecule has 2 aliphatic heterocycles. The number of anilines is 1. The molecule has 6 heteroatoms.